The number of thiol groups is 1. The second-order valence-corrected chi connectivity index (χ2v) is 5.58. The standard InChI is InChI=1S/C13H25N2O6S.CH4.Ac/c14-10-12(19)11(18)8(7-16)21-13(10)20-5-2-4-15-9(17)3-1-6-22;;/h8,10-14,16,18-19,22H,1-7H2,(H,15,17);1H4;/q-1;;. The van der Waals surface area contributed by atoms with E-state index in [9.17, 15) is 15.0 Å². The van der Waals surface area contributed by atoms with E-state index >= 15 is 0 Å². The van der Waals surface area contributed by atoms with Gasteiger partial charge in [0.1, 0.15) is 18.5 Å². The van der Waals surface area contributed by atoms with Crippen LogP contribution in [0.15, 0.2) is 0 Å². The Balaban J connectivity index is 0. The van der Waals surface area contributed by atoms with Crippen LogP contribution in [-0.2, 0) is 14.3 Å². The molecule has 0 bridgehead atoms. The number of hydrogen-bond acceptors (Lipinski definition) is 7. The number of nitrogens with one attached hydrogen (secondary N) is 2. The van der Waals surface area contributed by atoms with Crippen LogP contribution in [0.3, 0.4) is 0 Å². The Morgan fingerprint density at radius 1 is 1.29 bits per heavy atom. The fraction of sp³-hybridized carbons (Fsp3) is 0.929. The van der Waals surface area contributed by atoms with Crippen LogP contribution in [0.5, 0.6) is 0 Å². The SMILES string of the molecule is C.[Ac].[NH-]C1C(OCCCNC(=O)CCCS)OC(CO)C(O)C1O. The number of aliphatic hydroxyl groups is 3. The van der Waals surface area contributed by atoms with Gasteiger partial charge in [0, 0.05) is 57.0 Å². The molecule has 0 aromatic rings. The van der Waals surface area contributed by atoms with Crippen molar-refractivity contribution in [3.05, 3.63) is 5.73 Å². The molecule has 141 valence electrons. The molecule has 5 atom stereocenters. The fourth-order valence-corrected chi connectivity index (χ4v) is 2.21. The summed E-state index contributed by atoms with van der Waals surface area (Å²) in [6.45, 7) is 0.204. The van der Waals surface area contributed by atoms with Gasteiger partial charge in [0.25, 0.3) is 0 Å². The van der Waals surface area contributed by atoms with Gasteiger partial charge in [0.15, 0.2) is 0 Å². The van der Waals surface area contributed by atoms with Crippen LogP contribution < -0.4 is 5.32 Å². The van der Waals surface area contributed by atoms with E-state index in [0.717, 1.165) is 6.42 Å². The van der Waals surface area contributed by atoms with Crippen LogP contribution in [0.1, 0.15) is 26.7 Å². The molecule has 10 heteroatoms. The molecule has 1 aliphatic rings. The first-order valence-electron chi connectivity index (χ1n) is 7.34. The molecule has 8 nitrogen and oxygen atoms in total. The number of carbonyl (C=O) groups excluding carboxylic acids is 1. The van der Waals surface area contributed by atoms with E-state index in [2.05, 4.69) is 17.9 Å². The summed E-state index contributed by atoms with van der Waals surface area (Å²) in [5.74, 6) is 0.626. The fourth-order valence-electron chi connectivity index (χ4n) is 2.05. The minimum Gasteiger partial charge on any atom is -0.668 e. The van der Waals surface area contributed by atoms with E-state index in [1.807, 2.05) is 0 Å². The minimum absolute atomic E-state index is 0. The first-order chi connectivity index (χ1) is 10.5. The van der Waals surface area contributed by atoms with Crippen molar-refractivity contribution in [3.8, 4) is 0 Å². The van der Waals surface area contributed by atoms with Gasteiger partial charge in [0.05, 0.1) is 19.3 Å². The molecule has 1 aliphatic heterocycles. The minimum atomic E-state index is -1.34. The van der Waals surface area contributed by atoms with Crippen molar-refractivity contribution in [1.29, 1.82) is 0 Å². The zero-order chi connectivity index (χ0) is 16.5. The smallest absolute Gasteiger partial charge is 0.220 e. The molecular weight excluding hydrogens is 551 g/mol. The van der Waals surface area contributed by atoms with Crippen LogP contribution in [0.4, 0.5) is 0 Å². The summed E-state index contributed by atoms with van der Waals surface area (Å²) < 4.78 is 10.6. The molecule has 1 rings (SSSR count). The van der Waals surface area contributed by atoms with Gasteiger partial charge in [-0.25, -0.2) is 0 Å². The van der Waals surface area contributed by atoms with Crippen molar-refractivity contribution in [2.45, 2.75) is 57.3 Å². The average molecular weight is 580 g/mol. The van der Waals surface area contributed by atoms with Crippen LogP contribution >= 0.6 is 12.6 Å². The first-order valence-corrected chi connectivity index (χ1v) is 7.97. The van der Waals surface area contributed by atoms with E-state index in [4.69, 9.17) is 20.3 Å². The summed E-state index contributed by atoms with van der Waals surface area (Å²) in [5, 5.41) is 31.1. The third-order valence-electron chi connectivity index (χ3n) is 3.37. The molecule has 1 fully saturated rings. The normalized spacial score (nSPS) is 29.3. The van der Waals surface area contributed by atoms with Gasteiger partial charge in [-0.3, -0.25) is 4.79 Å². The van der Waals surface area contributed by atoms with Gasteiger partial charge in [-0.05, 0) is 18.6 Å². The first kappa shape index (κ1) is 27.2. The molecule has 5 N–H and O–H groups in total. The second kappa shape index (κ2) is 15.1. The van der Waals surface area contributed by atoms with Gasteiger partial charge in [0.2, 0.25) is 5.91 Å². The summed E-state index contributed by atoms with van der Waals surface area (Å²) in [4.78, 5) is 11.4. The molecule has 0 aliphatic carbocycles. The molecular formula is C14H29AcN2O6S-. The van der Waals surface area contributed by atoms with Crippen molar-refractivity contribution in [3.63, 3.8) is 0 Å². The Labute approximate surface area is 184 Å². The van der Waals surface area contributed by atoms with Crippen molar-refractivity contribution < 1.29 is 73.7 Å². The number of carbonyl (C=O) groups is 1. The maximum absolute atomic E-state index is 11.4. The Morgan fingerprint density at radius 2 is 1.96 bits per heavy atom. The predicted molar refractivity (Wildman–Crippen MR) is 89.3 cm³/mol. The molecule has 1 amide bonds. The molecule has 1 radical (unpaired) electrons. The largest absolute Gasteiger partial charge is 0.668 e. The molecule has 0 spiro atoms. The van der Waals surface area contributed by atoms with Crippen LogP contribution in [0.25, 0.3) is 5.73 Å². The average Bonchev–Trinajstić information content (AvgIpc) is 2.52. The third kappa shape index (κ3) is 9.10. The van der Waals surface area contributed by atoms with Gasteiger partial charge in [-0.1, -0.05) is 13.5 Å². The number of aliphatic hydroxyl groups excluding tert-OH is 3. The second-order valence-electron chi connectivity index (χ2n) is 5.13. The predicted octanol–water partition coefficient (Wildman–Crippen LogP) is -0.285. The molecule has 24 heavy (non-hydrogen) atoms. The third-order valence-corrected chi connectivity index (χ3v) is 3.68. The van der Waals surface area contributed by atoms with Crippen LogP contribution in [0, 0.1) is 44.1 Å². The Morgan fingerprint density at radius 3 is 2.54 bits per heavy atom. The zero-order valence-electron chi connectivity index (χ0n) is 12.9. The molecule has 1 heterocycles. The Kier molecular flexibility index (Phi) is 17.2. The topological polar surface area (TPSA) is 132 Å². The van der Waals surface area contributed by atoms with Crippen molar-refractivity contribution in [1.82, 2.24) is 5.32 Å². The van der Waals surface area contributed by atoms with E-state index in [1.165, 1.54) is 0 Å². The maximum atomic E-state index is 11.4. The van der Waals surface area contributed by atoms with Gasteiger partial charge < -0.3 is 35.8 Å². The molecule has 0 aromatic heterocycles. The number of amides is 1. The number of ether oxygens (including phenoxy) is 2. The Bertz CT molecular complexity index is 340. The molecule has 1 saturated heterocycles. The quantitative estimate of drug-likeness (QED) is 0.188. The summed E-state index contributed by atoms with van der Waals surface area (Å²) in [7, 11) is 0. The monoisotopic (exact) mass is 580 g/mol. The van der Waals surface area contributed by atoms with Crippen LogP contribution in [0.2, 0.25) is 0 Å². The summed E-state index contributed by atoms with van der Waals surface area (Å²) in [5.41, 5.74) is 7.74. The van der Waals surface area contributed by atoms with E-state index in [0.29, 0.717) is 25.1 Å². The van der Waals surface area contributed by atoms with Crippen LogP contribution in [-0.4, -0.2) is 77.4 Å². The molecule has 5 unspecified atom stereocenters. The van der Waals surface area contributed by atoms with Crippen molar-refractivity contribution in [2.24, 2.45) is 0 Å². The number of hydrogen-bond donors (Lipinski definition) is 5. The van der Waals surface area contributed by atoms with Crippen molar-refractivity contribution >= 4 is 18.5 Å². The van der Waals surface area contributed by atoms with Gasteiger partial charge >= 0.3 is 0 Å². The molecule has 0 saturated carbocycles. The van der Waals surface area contributed by atoms with Gasteiger partial charge in [-0.15, -0.1) is 0 Å². The van der Waals surface area contributed by atoms with E-state index < -0.39 is 37.3 Å². The molecule has 0 aromatic carbocycles. The van der Waals surface area contributed by atoms with E-state index in [1.54, 1.807) is 0 Å². The van der Waals surface area contributed by atoms with E-state index in [-0.39, 0.29) is 64.0 Å². The zero-order valence-corrected chi connectivity index (χ0v) is 18.6. The van der Waals surface area contributed by atoms with Crippen molar-refractivity contribution in [2.75, 3.05) is 25.5 Å². The summed E-state index contributed by atoms with van der Waals surface area (Å²) >= 11 is 4.03. The summed E-state index contributed by atoms with van der Waals surface area (Å²) in [6, 6.07) is -1.15. The Hall–Kier alpha value is 1.02. The summed E-state index contributed by atoms with van der Waals surface area (Å²) in [6.07, 6.45) is -2.94. The number of rotatable bonds is 9. The maximum Gasteiger partial charge on any atom is 0.220 e. The van der Waals surface area contributed by atoms with Gasteiger partial charge in [-0.2, -0.15) is 12.6 Å².